The predicted molar refractivity (Wildman–Crippen MR) is 127 cm³/mol. The van der Waals surface area contributed by atoms with Crippen molar-refractivity contribution in [2.75, 3.05) is 27.2 Å². The molecule has 2 aromatic rings. The highest BCUT2D eigenvalue weighted by Gasteiger charge is 2.22. The van der Waals surface area contributed by atoms with E-state index >= 15 is 0 Å². The molecule has 8 nitrogen and oxygen atoms in total. The molecule has 0 unspecified atom stereocenters. The fourth-order valence-electron chi connectivity index (χ4n) is 2.94. The second kappa shape index (κ2) is 12.5. The summed E-state index contributed by atoms with van der Waals surface area (Å²) >= 11 is 0. The van der Waals surface area contributed by atoms with Crippen LogP contribution in [0.5, 0.6) is 5.75 Å². The summed E-state index contributed by atoms with van der Waals surface area (Å²) in [6.45, 7) is 7.88. The normalized spacial score (nSPS) is 11.6. The van der Waals surface area contributed by atoms with Gasteiger partial charge in [-0.15, -0.1) is 0 Å². The second-order valence-electron chi connectivity index (χ2n) is 8.32. The number of aromatic nitrogens is 1. The molecule has 0 atom stereocenters. The first-order valence-corrected chi connectivity index (χ1v) is 10.7. The third kappa shape index (κ3) is 9.24. The van der Waals surface area contributed by atoms with E-state index in [0.29, 0.717) is 32.1 Å². The minimum atomic E-state index is -0.547. The van der Waals surface area contributed by atoms with E-state index < -0.39 is 5.60 Å². The van der Waals surface area contributed by atoms with Gasteiger partial charge in [0.25, 0.3) is 0 Å². The average molecular weight is 442 g/mol. The lowest BCUT2D eigenvalue weighted by Gasteiger charge is -2.27. The number of nitrogens with one attached hydrogen (secondary N) is 2. The van der Waals surface area contributed by atoms with Gasteiger partial charge in [-0.2, -0.15) is 0 Å². The van der Waals surface area contributed by atoms with Crippen LogP contribution in [0.2, 0.25) is 0 Å². The zero-order chi connectivity index (χ0) is 23.4. The number of carbonyl (C=O) groups is 1. The quantitative estimate of drug-likeness (QED) is 0.351. The Morgan fingerprint density at radius 2 is 1.94 bits per heavy atom. The van der Waals surface area contributed by atoms with Gasteiger partial charge in [0.15, 0.2) is 5.96 Å². The summed E-state index contributed by atoms with van der Waals surface area (Å²) in [5, 5.41) is 6.58. The minimum Gasteiger partial charge on any atom is -0.497 e. The third-order valence-electron chi connectivity index (χ3n) is 4.46. The number of amides is 1. The Morgan fingerprint density at radius 1 is 1.16 bits per heavy atom. The summed E-state index contributed by atoms with van der Waals surface area (Å²) in [7, 11) is 3.39. The van der Waals surface area contributed by atoms with Crippen molar-refractivity contribution in [2.45, 2.75) is 45.9 Å². The van der Waals surface area contributed by atoms with Gasteiger partial charge in [0.05, 0.1) is 13.7 Å². The number of hydrogen-bond acceptors (Lipinski definition) is 5. The maximum absolute atomic E-state index is 12.7. The van der Waals surface area contributed by atoms with Gasteiger partial charge >= 0.3 is 6.09 Å². The number of carbonyl (C=O) groups excluding carboxylic acids is 1. The van der Waals surface area contributed by atoms with Gasteiger partial charge < -0.3 is 25.0 Å². The van der Waals surface area contributed by atoms with Gasteiger partial charge in [0.1, 0.15) is 11.4 Å². The van der Waals surface area contributed by atoms with Crippen molar-refractivity contribution in [1.29, 1.82) is 0 Å². The molecule has 174 valence electrons. The Hall–Kier alpha value is -3.29. The van der Waals surface area contributed by atoms with Gasteiger partial charge in [-0.3, -0.25) is 9.98 Å². The number of guanidine groups is 1. The molecule has 1 aromatic carbocycles. The largest absolute Gasteiger partial charge is 0.497 e. The molecule has 32 heavy (non-hydrogen) atoms. The summed E-state index contributed by atoms with van der Waals surface area (Å²) < 4.78 is 10.8. The van der Waals surface area contributed by atoms with Gasteiger partial charge in [-0.05, 0) is 56.5 Å². The van der Waals surface area contributed by atoms with E-state index in [-0.39, 0.29) is 6.09 Å². The maximum Gasteiger partial charge on any atom is 0.410 e. The molecule has 0 saturated carbocycles. The van der Waals surface area contributed by atoms with Crippen LogP contribution in [-0.2, 0) is 17.8 Å². The van der Waals surface area contributed by atoms with E-state index in [1.165, 1.54) is 0 Å². The first kappa shape index (κ1) is 25.0. The molecule has 0 bridgehead atoms. The smallest absolute Gasteiger partial charge is 0.410 e. The van der Waals surface area contributed by atoms with Crippen molar-refractivity contribution in [3.05, 3.63) is 59.9 Å². The molecular formula is C24H35N5O3. The van der Waals surface area contributed by atoms with Crippen molar-refractivity contribution in [2.24, 2.45) is 4.99 Å². The summed E-state index contributed by atoms with van der Waals surface area (Å²) in [6, 6.07) is 11.7. The van der Waals surface area contributed by atoms with E-state index in [9.17, 15) is 4.79 Å². The lowest BCUT2D eigenvalue weighted by atomic mass is 10.2. The molecule has 2 N–H and O–H groups in total. The molecule has 0 aliphatic rings. The fourth-order valence-corrected chi connectivity index (χ4v) is 2.94. The summed E-state index contributed by atoms with van der Waals surface area (Å²) in [6.07, 6.45) is 3.89. The lowest BCUT2D eigenvalue weighted by molar-refractivity contribution is 0.0232. The first-order valence-electron chi connectivity index (χ1n) is 10.7. The van der Waals surface area contributed by atoms with Crippen molar-refractivity contribution in [1.82, 2.24) is 20.5 Å². The SMILES string of the molecule is CN=C(NCCCN(Cc1cccnc1)C(=O)OC(C)(C)C)NCc1cccc(OC)c1. The molecule has 0 aliphatic carbocycles. The number of pyridine rings is 1. The van der Waals surface area contributed by atoms with E-state index in [2.05, 4.69) is 20.6 Å². The van der Waals surface area contributed by atoms with Crippen LogP contribution in [0, 0.1) is 0 Å². The molecule has 0 radical (unpaired) electrons. The van der Waals surface area contributed by atoms with E-state index in [1.807, 2.05) is 57.2 Å². The number of hydrogen-bond donors (Lipinski definition) is 2. The second-order valence-corrected chi connectivity index (χ2v) is 8.32. The Morgan fingerprint density at radius 3 is 2.59 bits per heavy atom. The maximum atomic E-state index is 12.7. The highest BCUT2D eigenvalue weighted by atomic mass is 16.6. The molecule has 0 saturated heterocycles. The van der Waals surface area contributed by atoms with Crippen LogP contribution in [0.15, 0.2) is 53.8 Å². The van der Waals surface area contributed by atoms with Crippen molar-refractivity contribution in [3.8, 4) is 5.75 Å². The van der Waals surface area contributed by atoms with Gasteiger partial charge in [0, 0.05) is 39.1 Å². The number of benzene rings is 1. The molecule has 1 heterocycles. The van der Waals surface area contributed by atoms with Gasteiger partial charge in [-0.25, -0.2) is 4.79 Å². The topological polar surface area (TPSA) is 88.1 Å². The fraction of sp³-hybridized carbons (Fsp3) is 0.458. The first-order chi connectivity index (χ1) is 15.3. The number of aliphatic imine (C=N–C) groups is 1. The highest BCUT2D eigenvalue weighted by molar-refractivity contribution is 5.79. The monoisotopic (exact) mass is 441 g/mol. The van der Waals surface area contributed by atoms with E-state index in [1.54, 1.807) is 31.5 Å². The Bertz CT molecular complexity index is 865. The lowest BCUT2D eigenvalue weighted by Crippen LogP contribution is -2.40. The Balaban J connectivity index is 1.85. The van der Waals surface area contributed by atoms with Gasteiger partial charge in [0.2, 0.25) is 0 Å². The van der Waals surface area contributed by atoms with Crippen molar-refractivity contribution in [3.63, 3.8) is 0 Å². The van der Waals surface area contributed by atoms with E-state index in [0.717, 1.165) is 23.3 Å². The molecule has 0 fully saturated rings. The molecular weight excluding hydrogens is 406 g/mol. The standard InChI is InChI=1S/C24H35N5O3/c1-24(2,3)32-23(30)29(18-20-10-7-12-26-16-20)14-8-13-27-22(25-4)28-17-19-9-6-11-21(15-19)31-5/h6-7,9-12,15-16H,8,13-14,17-18H2,1-5H3,(H2,25,27,28). The molecule has 1 aromatic heterocycles. The average Bonchev–Trinajstić information content (AvgIpc) is 2.77. The zero-order valence-electron chi connectivity index (χ0n) is 19.7. The number of rotatable bonds is 9. The number of ether oxygens (including phenoxy) is 2. The molecule has 0 aliphatic heterocycles. The van der Waals surface area contributed by atoms with Crippen LogP contribution in [0.4, 0.5) is 4.79 Å². The molecule has 1 amide bonds. The summed E-state index contributed by atoms with van der Waals surface area (Å²) in [5.41, 5.74) is 1.51. The van der Waals surface area contributed by atoms with E-state index in [4.69, 9.17) is 9.47 Å². The molecule has 0 spiro atoms. The summed E-state index contributed by atoms with van der Waals surface area (Å²) in [5.74, 6) is 1.52. The summed E-state index contributed by atoms with van der Waals surface area (Å²) in [4.78, 5) is 22.8. The Kier molecular flexibility index (Phi) is 9.78. The van der Waals surface area contributed by atoms with Crippen LogP contribution >= 0.6 is 0 Å². The van der Waals surface area contributed by atoms with Crippen LogP contribution in [-0.4, -0.2) is 54.8 Å². The van der Waals surface area contributed by atoms with Crippen LogP contribution in [0.3, 0.4) is 0 Å². The zero-order valence-corrected chi connectivity index (χ0v) is 19.7. The van der Waals surface area contributed by atoms with Gasteiger partial charge in [-0.1, -0.05) is 18.2 Å². The highest BCUT2D eigenvalue weighted by Crippen LogP contribution is 2.13. The van der Waals surface area contributed by atoms with Crippen LogP contribution in [0.1, 0.15) is 38.3 Å². The van der Waals surface area contributed by atoms with Crippen molar-refractivity contribution >= 4 is 12.1 Å². The molecule has 2 rings (SSSR count). The Labute approximate surface area is 191 Å². The van der Waals surface area contributed by atoms with Crippen molar-refractivity contribution < 1.29 is 14.3 Å². The number of nitrogens with zero attached hydrogens (tertiary/aromatic N) is 3. The number of methoxy groups -OCH3 is 1. The van der Waals surface area contributed by atoms with Crippen LogP contribution in [0.25, 0.3) is 0 Å². The predicted octanol–water partition coefficient (Wildman–Crippen LogP) is 3.58. The van der Waals surface area contributed by atoms with Crippen LogP contribution < -0.4 is 15.4 Å². The molecule has 8 heteroatoms. The minimum absolute atomic E-state index is 0.332. The third-order valence-corrected chi connectivity index (χ3v) is 4.46.